The molecule has 2 fully saturated rings. The summed E-state index contributed by atoms with van der Waals surface area (Å²) in [5, 5.41) is 9.20. The fourth-order valence-corrected chi connectivity index (χ4v) is 5.76. The Morgan fingerprint density at radius 3 is 2.55 bits per heavy atom. The van der Waals surface area contributed by atoms with E-state index in [1.807, 2.05) is 24.9 Å². The average molecular weight is 435 g/mol. The molecule has 0 radical (unpaired) electrons. The second-order valence-electron chi connectivity index (χ2n) is 7.98. The van der Waals surface area contributed by atoms with Gasteiger partial charge >= 0.3 is 0 Å². The van der Waals surface area contributed by atoms with Crippen LogP contribution in [0.3, 0.4) is 0 Å². The standard InChI is InChI=1S/C21H23FN4OS.ClH/c1-12-18-11-19(20(27)25(2)17-9-14-5-6-15(10-17)23-14)28-21(18)26(24-12)16-7-3-13(22)4-8-16;/h3-4,7-8,11,14-15,17,23H,5-6,9-10H2,1-2H3;1H. The molecule has 2 bridgehead atoms. The van der Waals surface area contributed by atoms with Crippen LogP contribution in [0.25, 0.3) is 15.9 Å². The van der Waals surface area contributed by atoms with Crippen LogP contribution in [0, 0.1) is 12.7 Å². The van der Waals surface area contributed by atoms with Gasteiger partial charge in [0.25, 0.3) is 5.91 Å². The van der Waals surface area contributed by atoms with Crippen LogP contribution in [0.5, 0.6) is 0 Å². The van der Waals surface area contributed by atoms with Crippen molar-refractivity contribution in [3.8, 4) is 5.69 Å². The summed E-state index contributed by atoms with van der Waals surface area (Å²) in [6.45, 7) is 1.94. The molecule has 8 heteroatoms. The molecule has 1 amide bonds. The fourth-order valence-electron chi connectivity index (χ4n) is 4.59. The summed E-state index contributed by atoms with van der Waals surface area (Å²) >= 11 is 1.46. The average Bonchev–Trinajstić information content (AvgIpc) is 3.36. The van der Waals surface area contributed by atoms with E-state index in [-0.39, 0.29) is 24.1 Å². The predicted molar refractivity (Wildman–Crippen MR) is 116 cm³/mol. The zero-order valence-corrected chi connectivity index (χ0v) is 18.0. The van der Waals surface area contributed by atoms with E-state index in [1.165, 1.54) is 36.3 Å². The van der Waals surface area contributed by atoms with Crippen molar-refractivity contribution in [2.75, 3.05) is 7.05 Å². The number of aryl methyl sites for hydroxylation is 1. The van der Waals surface area contributed by atoms with E-state index < -0.39 is 0 Å². The van der Waals surface area contributed by atoms with Gasteiger partial charge in [0, 0.05) is 30.6 Å². The molecule has 154 valence electrons. The number of carbonyl (C=O) groups is 1. The summed E-state index contributed by atoms with van der Waals surface area (Å²) in [6.07, 6.45) is 4.51. The van der Waals surface area contributed by atoms with Crippen LogP contribution in [0.1, 0.15) is 41.0 Å². The number of hydrogen-bond donors (Lipinski definition) is 1. The molecule has 0 aliphatic carbocycles. The van der Waals surface area contributed by atoms with Crippen LogP contribution >= 0.6 is 23.7 Å². The first-order valence-electron chi connectivity index (χ1n) is 9.78. The molecule has 2 aliphatic heterocycles. The van der Waals surface area contributed by atoms with Gasteiger partial charge in [-0.15, -0.1) is 23.7 Å². The van der Waals surface area contributed by atoms with Gasteiger partial charge in [-0.2, -0.15) is 5.10 Å². The molecular weight excluding hydrogens is 411 g/mol. The summed E-state index contributed by atoms with van der Waals surface area (Å²) in [7, 11) is 1.93. The Morgan fingerprint density at radius 2 is 1.90 bits per heavy atom. The molecule has 4 heterocycles. The molecule has 0 saturated carbocycles. The second-order valence-corrected chi connectivity index (χ2v) is 9.01. The van der Waals surface area contributed by atoms with Crippen molar-refractivity contribution >= 4 is 39.9 Å². The molecule has 2 atom stereocenters. The molecule has 2 aliphatic rings. The number of aromatic nitrogens is 2. The summed E-state index contributed by atoms with van der Waals surface area (Å²) in [5.74, 6) is -0.193. The topological polar surface area (TPSA) is 50.2 Å². The summed E-state index contributed by atoms with van der Waals surface area (Å²) in [4.78, 5) is 16.8. The number of carbonyl (C=O) groups excluding carboxylic acids is 1. The van der Waals surface area contributed by atoms with Gasteiger partial charge in [-0.1, -0.05) is 0 Å². The van der Waals surface area contributed by atoms with E-state index >= 15 is 0 Å². The molecule has 2 aromatic heterocycles. The lowest BCUT2D eigenvalue weighted by Crippen LogP contribution is -2.48. The van der Waals surface area contributed by atoms with Gasteiger partial charge in [-0.05, 0) is 62.9 Å². The zero-order chi connectivity index (χ0) is 19.4. The van der Waals surface area contributed by atoms with Crippen LogP contribution < -0.4 is 5.32 Å². The number of amides is 1. The Kier molecular flexibility index (Phi) is 5.40. The van der Waals surface area contributed by atoms with Crippen molar-refractivity contribution in [1.29, 1.82) is 0 Å². The molecule has 5 rings (SSSR count). The molecule has 5 nitrogen and oxygen atoms in total. The van der Waals surface area contributed by atoms with Gasteiger partial charge < -0.3 is 10.2 Å². The van der Waals surface area contributed by atoms with Crippen LogP contribution in [-0.4, -0.2) is 45.8 Å². The number of benzene rings is 1. The second kappa shape index (κ2) is 7.70. The highest BCUT2D eigenvalue weighted by Gasteiger charge is 2.36. The fraction of sp³-hybridized carbons (Fsp3) is 0.429. The highest BCUT2D eigenvalue weighted by molar-refractivity contribution is 7.20. The monoisotopic (exact) mass is 434 g/mol. The lowest BCUT2D eigenvalue weighted by Gasteiger charge is -2.35. The number of halogens is 2. The summed E-state index contributed by atoms with van der Waals surface area (Å²) in [5.41, 5.74) is 1.67. The van der Waals surface area contributed by atoms with Crippen molar-refractivity contribution in [1.82, 2.24) is 20.0 Å². The van der Waals surface area contributed by atoms with E-state index in [9.17, 15) is 9.18 Å². The Labute approximate surface area is 179 Å². The molecular formula is C21H24ClFN4OS. The van der Waals surface area contributed by atoms with Crippen LogP contribution in [-0.2, 0) is 0 Å². The first-order chi connectivity index (χ1) is 13.5. The van der Waals surface area contributed by atoms with Gasteiger partial charge in [-0.3, -0.25) is 4.79 Å². The minimum Gasteiger partial charge on any atom is -0.338 e. The van der Waals surface area contributed by atoms with E-state index in [0.717, 1.165) is 39.3 Å². The number of nitrogens with one attached hydrogen (secondary N) is 1. The van der Waals surface area contributed by atoms with E-state index in [1.54, 1.807) is 16.8 Å². The molecule has 29 heavy (non-hydrogen) atoms. The highest BCUT2D eigenvalue weighted by Crippen LogP contribution is 2.33. The van der Waals surface area contributed by atoms with Gasteiger partial charge in [0.2, 0.25) is 0 Å². The Morgan fingerprint density at radius 1 is 1.24 bits per heavy atom. The lowest BCUT2D eigenvalue weighted by molar-refractivity contribution is 0.0686. The number of nitrogens with zero attached hydrogens (tertiary/aromatic N) is 3. The van der Waals surface area contributed by atoms with E-state index in [0.29, 0.717) is 18.1 Å². The van der Waals surface area contributed by atoms with Gasteiger partial charge in [-0.25, -0.2) is 9.07 Å². The molecule has 2 saturated heterocycles. The summed E-state index contributed by atoms with van der Waals surface area (Å²) < 4.78 is 15.1. The first kappa shape index (κ1) is 20.3. The van der Waals surface area contributed by atoms with Crippen LogP contribution in [0.2, 0.25) is 0 Å². The maximum Gasteiger partial charge on any atom is 0.264 e. The number of thiophene rings is 1. The molecule has 1 N–H and O–H groups in total. The van der Waals surface area contributed by atoms with Crippen LogP contribution in [0.4, 0.5) is 4.39 Å². The molecule has 0 spiro atoms. The van der Waals surface area contributed by atoms with Gasteiger partial charge in [0.05, 0.1) is 16.3 Å². The number of rotatable bonds is 3. The lowest BCUT2D eigenvalue weighted by atomic mass is 9.98. The van der Waals surface area contributed by atoms with Crippen LogP contribution in [0.15, 0.2) is 30.3 Å². The predicted octanol–water partition coefficient (Wildman–Crippen LogP) is 4.31. The quantitative estimate of drug-likeness (QED) is 0.668. The number of fused-ring (bicyclic) bond motifs is 3. The molecule has 3 aromatic rings. The zero-order valence-electron chi connectivity index (χ0n) is 16.4. The largest absolute Gasteiger partial charge is 0.338 e. The Bertz CT molecular complexity index is 1040. The minimum atomic E-state index is -0.275. The third-order valence-electron chi connectivity index (χ3n) is 6.14. The Balaban J connectivity index is 0.00000205. The molecule has 1 aromatic carbocycles. The first-order valence-corrected chi connectivity index (χ1v) is 10.6. The SMILES string of the molecule is Cc1nn(-c2ccc(F)cc2)c2sc(C(=O)N(C)C3CC4CCC(C3)N4)cc12.Cl. The minimum absolute atomic E-state index is 0. The van der Waals surface area contributed by atoms with Crippen molar-refractivity contribution in [3.63, 3.8) is 0 Å². The van der Waals surface area contributed by atoms with Crippen molar-refractivity contribution in [3.05, 3.63) is 46.7 Å². The smallest absolute Gasteiger partial charge is 0.264 e. The van der Waals surface area contributed by atoms with Gasteiger partial charge in [0.1, 0.15) is 10.6 Å². The third-order valence-corrected chi connectivity index (χ3v) is 7.24. The number of hydrogen-bond acceptors (Lipinski definition) is 4. The maximum absolute atomic E-state index is 13.3. The maximum atomic E-state index is 13.3. The van der Waals surface area contributed by atoms with Crippen molar-refractivity contribution < 1.29 is 9.18 Å². The summed E-state index contributed by atoms with van der Waals surface area (Å²) in [6, 6.07) is 9.63. The number of piperidine rings is 1. The molecule has 2 unspecified atom stereocenters. The Hall–Kier alpha value is -1.96. The van der Waals surface area contributed by atoms with E-state index in [4.69, 9.17) is 0 Å². The normalized spacial score (nSPS) is 23.2. The van der Waals surface area contributed by atoms with Crippen molar-refractivity contribution in [2.45, 2.75) is 50.7 Å². The third kappa shape index (κ3) is 3.56. The highest BCUT2D eigenvalue weighted by atomic mass is 35.5. The van der Waals surface area contributed by atoms with E-state index in [2.05, 4.69) is 10.4 Å². The van der Waals surface area contributed by atoms with Gasteiger partial charge in [0.15, 0.2) is 0 Å². The van der Waals surface area contributed by atoms with Crippen molar-refractivity contribution in [2.24, 2.45) is 0 Å².